The minimum atomic E-state index is -0.605. The van der Waals surface area contributed by atoms with Crippen LogP contribution in [0.4, 0.5) is 0 Å². The van der Waals surface area contributed by atoms with Gasteiger partial charge in [0.25, 0.3) is 0 Å². The zero-order valence-corrected chi connectivity index (χ0v) is 16.9. The van der Waals surface area contributed by atoms with Crippen LogP contribution in [-0.4, -0.2) is 31.2 Å². The summed E-state index contributed by atoms with van der Waals surface area (Å²) in [5.74, 6) is 0.233. The SMILES string of the molecule is C[C@H](C[N+]1(C)CCCCCCC1)C(C#N)(c1ccccc1)c1ccccc1. The van der Waals surface area contributed by atoms with Gasteiger partial charge in [-0.3, -0.25) is 0 Å². The summed E-state index contributed by atoms with van der Waals surface area (Å²) in [6.45, 7) is 5.79. The first-order valence-electron chi connectivity index (χ1n) is 10.5. The second-order valence-electron chi connectivity index (χ2n) is 8.57. The van der Waals surface area contributed by atoms with Crippen LogP contribution in [0.2, 0.25) is 0 Å². The average Bonchev–Trinajstić information content (AvgIpc) is 2.68. The standard InChI is InChI=1S/C25H33N2/c1-22(20-27(2)18-12-4-3-5-13-19-27)25(21-26,23-14-8-6-9-15-23)24-16-10-7-11-17-24/h6-11,14-17,22H,3-5,12-13,18-20H2,1-2H3/q+1/t22-/m1/s1. The van der Waals surface area contributed by atoms with Crippen molar-refractivity contribution in [1.29, 1.82) is 5.26 Å². The molecule has 0 aromatic heterocycles. The van der Waals surface area contributed by atoms with Crippen molar-refractivity contribution in [2.24, 2.45) is 5.92 Å². The lowest BCUT2D eigenvalue weighted by molar-refractivity contribution is -0.913. The first kappa shape index (κ1) is 19.6. The van der Waals surface area contributed by atoms with Crippen LogP contribution in [0.3, 0.4) is 0 Å². The summed E-state index contributed by atoms with van der Waals surface area (Å²) in [6, 6.07) is 23.6. The van der Waals surface area contributed by atoms with Crippen LogP contribution in [0, 0.1) is 17.2 Å². The molecule has 0 amide bonds. The quantitative estimate of drug-likeness (QED) is 0.641. The Kier molecular flexibility index (Phi) is 6.34. The lowest BCUT2D eigenvalue weighted by atomic mass is 9.67. The number of hydrogen-bond donors (Lipinski definition) is 0. The van der Waals surface area contributed by atoms with Crippen molar-refractivity contribution in [3.63, 3.8) is 0 Å². The lowest BCUT2D eigenvalue weighted by Crippen LogP contribution is -2.52. The Hall–Kier alpha value is -2.11. The van der Waals surface area contributed by atoms with E-state index < -0.39 is 5.41 Å². The summed E-state index contributed by atoms with van der Waals surface area (Å²) in [5.41, 5.74) is 1.63. The number of benzene rings is 2. The Morgan fingerprint density at radius 3 is 1.74 bits per heavy atom. The number of rotatable bonds is 5. The first-order chi connectivity index (χ1) is 13.1. The highest BCUT2D eigenvalue weighted by Crippen LogP contribution is 2.40. The predicted octanol–water partition coefficient (Wildman–Crippen LogP) is 5.54. The van der Waals surface area contributed by atoms with Crippen LogP contribution in [-0.2, 0) is 5.41 Å². The summed E-state index contributed by atoms with van der Waals surface area (Å²) in [6.07, 6.45) is 6.69. The lowest BCUT2D eigenvalue weighted by Gasteiger charge is -2.42. The first-order valence-corrected chi connectivity index (χ1v) is 10.5. The monoisotopic (exact) mass is 361 g/mol. The average molecular weight is 362 g/mol. The summed E-state index contributed by atoms with van der Waals surface area (Å²) in [5, 5.41) is 10.5. The molecular formula is C25H33N2+. The maximum Gasteiger partial charge on any atom is 0.115 e. The van der Waals surface area contributed by atoms with Crippen LogP contribution < -0.4 is 0 Å². The van der Waals surface area contributed by atoms with E-state index in [1.165, 1.54) is 45.2 Å². The van der Waals surface area contributed by atoms with Gasteiger partial charge in [-0.25, -0.2) is 0 Å². The van der Waals surface area contributed by atoms with Crippen LogP contribution in [0.1, 0.15) is 50.2 Å². The summed E-state index contributed by atoms with van der Waals surface area (Å²) >= 11 is 0. The molecule has 0 saturated carbocycles. The Labute approximate surface area is 165 Å². The third-order valence-electron chi connectivity index (χ3n) is 6.48. The van der Waals surface area contributed by atoms with Gasteiger partial charge in [0.05, 0.1) is 32.8 Å². The minimum absolute atomic E-state index is 0.233. The highest BCUT2D eigenvalue weighted by molar-refractivity contribution is 5.46. The third-order valence-corrected chi connectivity index (χ3v) is 6.48. The number of quaternary nitrogens is 1. The Bertz CT molecular complexity index is 697. The van der Waals surface area contributed by atoms with E-state index in [-0.39, 0.29) is 5.92 Å². The van der Waals surface area contributed by atoms with Crippen LogP contribution in [0.5, 0.6) is 0 Å². The zero-order valence-electron chi connectivity index (χ0n) is 16.9. The number of nitriles is 1. The molecule has 1 saturated heterocycles. The van der Waals surface area contributed by atoms with E-state index in [0.29, 0.717) is 0 Å². The van der Waals surface area contributed by atoms with E-state index in [1.807, 2.05) is 12.1 Å². The fraction of sp³-hybridized carbons (Fsp3) is 0.480. The second kappa shape index (κ2) is 8.72. The van der Waals surface area contributed by atoms with E-state index in [4.69, 9.17) is 0 Å². The van der Waals surface area contributed by atoms with E-state index in [1.54, 1.807) is 0 Å². The van der Waals surface area contributed by atoms with Crippen molar-refractivity contribution >= 4 is 0 Å². The van der Waals surface area contributed by atoms with E-state index in [9.17, 15) is 5.26 Å². The summed E-state index contributed by atoms with van der Waals surface area (Å²) < 4.78 is 1.09. The molecule has 2 aromatic carbocycles. The maximum absolute atomic E-state index is 10.5. The van der Waals surface area contributed by atoms with Gasteiger partial charge in [-0.2, -0.15) is 5.26 Å². The molecule has 1 aliphatic heterocycles. The van der Waals surface area contributed by atoms with Gasteiger partial charge in [-0.05, 0) is 36.8 Å². The molecule has 0 N–H and O–H groups in total. The van der Waals surface area contributed by atoms with Crippen molar-refractivity contribution in [3.05, 3.63) is 71.8 Å². The molecule has 1 aliphatic rings. The van der Waals surface area contributed by atoms with Gasteiger partial charge in [0, 0.05) is 5.92 Å². The molecule has 2 heteroatoms. The van der Waals surface area contributed by atoms with Crippen molar-refractivity contribution in [3.8, 4) is 6.07 Å². The highest BCUT2D eigenvalue weighted by Gasteiger charge is 2.43. The molecule has 0 radical (unpaired) electrons. The molecule has 0 aliphatic carbocycles. The molecular weight excluding hydrogens is 328 g/mol. The molecule has 1 fully saturated rings. The molecule has 1 heterocycles. The Morgan fingerprint density at radius 1 is 0.852 bits per heavy atom. The molecule has 27 heavy (non-hydrogen) atoms. The summed E-state index contributed by atoms with van der Waals surface area (Å²) in [7, 11) is 2.40. The molecule has 2 aromatic rings. The van der Waals surface area contributed by atoms with Gasteiger partial charge >= 0.3 is 0 Å². The molecule has 3 rings (SSSR count). The third kappa shape index (κ3) is 4.25. The Morgan fingerprint density at radius 2 is 1.30 bits per heavy atom. The normalized spacial score (nSPS) is 18.7. The fourth-order valence-corrected chi connectivity index (χ4v) is 4.99. The van der Waals surface area contributed by atoms with Crippen molar-refractivity contribution in [2.75, 3.05) is 26.7 Å². The van der Waals surface area contributed by atoms with Crippen molar-refractivity contribution in [2.45, 2.75) is 44.4 Å². The van der Waals surface area contributed by atoms with Crippen molar-refractivity contribution in [1.82, 2.24) is 0 Å². The number of nitrogens with zero attached hydrogens (tertiary/aromatic N) is 2. The molecule has 2 nitrogen and oxygen atoms in total. The molecule has 0 spiro atoms. The van der Waals surface area contributed by atoms with Gasteiger partial charge in [-0.1, -0.05) is 74.0 Å². The van der Waals surface area contributed by atoms with Gasteiger partial charge in [0.1, 0.15) is 5.41 Å². The maximum atomic E-state index is 10.5. The highest BCUT2D eigenvalue weighted by atomic mass is 15.3. The smallest absolute Gasteiger partial charge is 0.115 e. The predicted molar refractivity (Wildman–Crippen MR) is 112 cm³/mol. The Balaban J connectivity index is 1.99. The van der Waals surface area contributed by atoms with Gasteiger partial charge < -0.3 is 4.48 Å². The largest absolute Gasteiger partial charge is 0.326 e. The molecule has 1 atom stereocenters. The second-order valence-corrected chi connectivity index (χ2v) is 8.57. The molecule has 0 bridgehead atoms. The minimum Gasteiger partial charge on any atom is -0.326 e. The number of hydrogen-bond acceptors (Lipinski definition) is 1. The summed E-state index contributed by atoms with van der Waals surface area (Å²) in [4.78, 5) is 0. The van der Waals surface area contributed by atoms with E-state index in [2.05, 4.69) is 68.6 Å². The van der Waals surface area contributed by atoms with E-state index >= 15 is 0 Å². The van der Waals surface area contributed by atoms with Crippen LogP contribution in [0.25, 0.3) is 0 Å². The topological polar surface area (TPSA) is 23.8 Å². The van der Waals surface area contributed by atoms with E-state index in [0.717, 1.165) is 22.2 Å². The van der Waals surface area contributed by atoms with Gasteiger partial charge in [0.2, 0.25) is 0 Å². The van der Waals surface area contributed by atoms with Crippen LogP contribution >= 0.6 is 0 Å². The number of likely N-dealkylation sites (tertiary alicyclic amines) is 1. The van der Waals surface area contributed by atoms with Gasteiger partial charge in [0.15, 0.2) is 0 Å². The molecule has 0 unspecified atom stereocenters. The van der Waals surface area contributed by atoms with Gasteiger partial charge in [-0.15, -0.1) is 0 Å². The van der Waals surface area contributed by atoms with Crippen LogP contribution in [0.15, 0.2) is 60.7 Å². The fourth-order valence-electron chi connectivity index (χ4n) is 4.99. The zero-order chi connectivity index (χ0) is 19.2. The van der Waals surface area contributed by atoms with Crippen molar-refractivity contribution < 1.29 is 4.48 Å². The molecule has 142 valence electrons.